The maximum atomic E-state index is 5.98. The Labute approximate surface area is 111 Å². The third-order valence-corrected chi connectivity index (χ3v) is 3.42. The number of rotatable bonds is 5. The molecule has 1 aliphatic rings. The maximum absolute atomic E-state index is 5.98. The summed E-state index contributed by atoms with van der Waals surface area (Å²) < 4.78 is 0. The smallest absolute Gasteiger partial charge is 0.226 e. The number of imidazole rings is 1. The van der Waals surface area contributed by atoms with E-state index in [4.69, 9.17) is 11.6 Å². The molecule has 2 heterocycles. The van der Waals surface area contributed by atoms with Gasteiger partial charge in [0.25, 0.3) is 0 Å². The molecule has 0 saturated heterocycles. The van der Waals surface area contributed by atoms with E-state index in [-0.39, 0.29) is 5.28 Å². The van der Waals surface area contributed by atoms with Crippen molar-refractivity contribution in [1.29, 1.82) is 0 Å². The highest BCUT2D eigenvalue weighted by molar-refractivity contribution is 6.28. The highest BCUT2D eigenvalue weighted by Gasteiger charge is 2.31. The van der Waals surface area contributed by atoms with Crippen LogP contribution in [0, 0.1) is 0 Å². The van der Waals surface area contributed by atoms with E-state index in [1.807, 2.05) is 0 Å². The molecule has 0 amide bonds. The van der Waals surface area contributed by atoms with Gasteiger partial charge in [0, 0.05) is 12.6 Å². The summed E-state index contributed by atoms with van der Waals surface area (Å²) >= 11 is 5.98. The standard InChI is InChI=1S/C12H16ClN5/c1-2-3-6-18(8-4-5-8)11-9-10(15-7-14-9)16-12(13)17-11/h7-8H,2-6H2,1H3,(H,14,15,16,17). The minimum absolute atomic E-state index is 0.270. The van der Waals surface area contributed by atoms with Crippen LogP contribution in [0.4, 0.5) is 5.82 Å². The molecule has 1 N–H and O–H groups in total. The monoisotopic (exact) mass is 265 g/mol. The van der Waals surface area contributed by atoms with E-state index in [1.54, 1.807) is 6.33 Å². The van der Waals surface area contributed by atoms with Crippen LogP contribution in [0.15, 0.2) is 6.33 Å². The highest BCUT2D eigenvalue weighted by atomic mass is 35.5. The van der Waals surface area contributed by atoms with Crippen molar-refractivity contribution in [2.75, 3.05) is 11.4 Å². The van der Waals surface area contributed by atoms with Crippen molar-refractivity contribution in [3.8, 4) is 0 Å². The summed E-state index contributed by atoms with van der Waals surface area (Å²) in [6, 6.07) is 0.606. The van der Waals surface area contributed by atoms with Crippen LogP contribution in [0.3, 0.4) is 0 Å². The van der Waals surface area contributed by atoms with E-state index in [0.717, 1.165) is 24.3 Å². The number of aromatic nitrogens is 4. The first-order chi connectivity index (χ1) is 8.79. The van der Waals surface area contributed by atoms with Crippen molar-refractivity contribution in [3.05, 3.63) is 11.6 Å². The van der Waals surface area contributed by atoms with Gasteiger partial charge in [0.15, 0.2) is 11.5 Å². The number of hydrogen-bond donors (Lipinski definition) is 1. The molecular formula is C12H16ClN5. The quantitative estimate of drug-likeness (QED) is 0.845. The Hall–Kier alpha value is -1.36. The van der Waals surface area contributed by atoms with Gasteiger partial charge >= 0.3 is 0 Å². The molecule has 0 aliphatic heterocycles. The van der Waals surface area contributed by atoms with E-state index in [2.05, 4.69) is 31.8 Å². The van der Waals surface area contributed by atoms with Gasteiger partial charge in [0.05, 0.1) is 6.33 Å². The van der Waals surface area contributed by atoms with E-state index in [9.17, 15) is 0 Å². The van der Waals surface area contributed by atoms with Gasteiger partial charge in [-0.15, -0.1) is 0 Å². The number of nitrogens with one attached hydrogen (secondary N) is 1. The molecule has 6 heteroatoms. The molecule has 1 fully saturated rings. The van der Waals surface area contributed by atoms with Gasteiger partial charge in [-0.1, -0.05) is 13.3 Å². The predicted molar refractivity (Wildman–Crippen MR) is 72.0 cm³/mol. The molecule has 0 atom stereocenters. The number of hydrogen-bond acceptors (Lipinski definition) is 4. The van der Waals surface area contributed by atoms with Crippen molar-refractivity contribution in [2.24, 2.45) is 0 Å². The Kier molecular flexibility index (Phi) is 3.07. The summed E-state index contributed by atoms with van der Waals surface area (Å²) in [7, 11) is 0. The minimum Gasteiger partial charge on any atom is -0.352 e. The first-order valence-electron chi connectivity index (χ1n) is 6.43. The van der Waals surface area contributed by atoms with Crippen LogP contribution in [0.5, 0.6) is 0 Å². The zero-order chi connectivity index (χ0) is 12.5. The second-order valence-corrected chi connectivity index (χ2v) is 5.03. The number of anilines is 1. The SMILES string of the molecule is CCCCN(c1nc(Cl)nc2nc[nH]c12)C1CC1. The van der Waals surface area contributed by atoms with Gasteiger partial charge in [-0.2, -0.15) is 9.97 Å². The average molecular weight is 266 g/mol. The van der Waals surface area contributed by atoms with Crippen molar-refractivity contribution < 1.29 is 0 Å². The summed E-state index contributed by atoms with van der Waals surface area (Å²) in [6.45, 7) is 3.21. The van der Waals surface area contributed by atoms with Crippen LogP contribution in [0.2, 0.25) is 5.28 Å². The van der Waals surface area contributed by atoms with Crippen LogP contribution >= 0.6 is 11.6 Å². The fraction of sp³-hybridized carbons (Fsp3) is 0.583. The average Bonchev–Trinajstić information content (AvgIpc) is 3.08. The van der Waals surface area contributed by atoms with Crippen molar-refractivity contribution in [2.45, 2.75) is 38.6 Å². The summed E-state index contributed by atoms with van der Waals surface area (Å²) in [5, 5.41) is 0.270. The largest absolute Gasteiger partial charge is 0.352 e. The lowest BCUT2D eigenvalue weighted by Gasteiger charge is -2.23. The lowest BCUT2D eigenvalue weighted by molar-refractivity contribution is 0.706. The van der Waals surface area contributed by atoms with Crippen molar-refractivity contribution in [3.63, 3.8) is 0 Å². The maximum Gasteiger partial charge on any atom is 0.226 e. The Morgan fingerprint density at radius 2 is 2.28 bits per heavy atom. The lowest BCUT2D eigenvalue weighted by atomic mass is 10.3. The molecule has 0 bridgehead atoms. The van der Waals surface area contributed by atoms with Gasteiger partial charge in [0.2, 0.25) is 5.28 Å². The van der Waals surface area contributed by atoms with Crippen LogP contribution < -0.4 is 4.90 Å². The molecule has 0 radical (unpaired) electrons. The molecular weight excluding hydrogens is 250 g/mol. The summed E-state index contributed by atoms with van der Waals surface area (Å²) in [5.74, 6) is 0.901. The molecule has 2 aromatic heterocycles. The highest BCUT2D eigenvalue weighted by Crippen LogP contribution is 2.34. The van der Waals surface area contributed by atoms with Crippen LogP contribution in [-0.4, -0.2) is 32.5 Å². The van der Waals surface area contributed by atoms with E-state index in [1.165, 1.54) is 19.3 Å². The summed E-state index contributed by atoms with van der Waals surface area (Å²) in [4.78, 5) is 18.1. The number of fused-ring (bicyclic) bond motifs is 1. The molecule has 18 heavy (non-hydrogen) atoms. The zero-order valence-corrected chi connectivity index (χ0v) is 11.1. The van der Waals surface area contributed by atoms with Gasteiger partial charge in [0.1, 0.15) is 5.52 Å². The summed E-state index contributed by atoms with van der Waals surface area (Å²) in [6.07, 6.45) is 6.45. The third-order valence-electron chi connectivity index (χ3n) is 3.25. The molecule has 0 spiro atoms. The fourth-order valence-corrected chi connectivity index (χ4v) is 2.34. The second-order valence-electron chi connectivity index (χ2n) is 4.70. The van der Waals surface area contributed by atoms with Gasteiger partial charge < -0.3 is 9.88 Å². The first kappa shape index (κ1) is 11.7. The predicted octanol–water partition coefficient (Wildman–Crippen LogP) is 2.78. The van der Waals surface area contributed by atoms with Crippen molar-refractivity contribution in [1.82, 2.24) is 19.9 Å². The first-order valence-corrected chi connectivity index (χ1v) is 6.80. The topological polar surface area (TPSA) is 57.7 Å². The zero-order valence-electron chi connectivity index (χ0n) is 10.4. The van der Waals surface area contributed by atoms with E-state index in [0.29, 0.717) is 11.7 Å². The molecule has 0 aromatic carbocycles. The molecule has 3 rings (SSSR count). The Bertz CT molecular complexity index is 548. The van der Waals surface area contributed by atoms with Crippen molar-refractivity contribution >= 4 is 28.6 Å². The Morgan fingerprint density at radius 3 is 3.00 bits per heavy atom. The number of H-pyrrole nitrogens is 1. The number of halogens is 1. The molecule has 1 saturated carbocycles. The molecule has 5 nitrogen and oxygen atoms in total. The third kappa shape index (κ3) is 2.14. The fourth-order valence-electron chi connectivity index (χ4n) is 2.18. The lowest BCUT2D eigenvalue weighted by Crippen LogP contribution is -2.28. The molecule has 0 unspecified atom stereocenters. The van der Waals surface area contributed by atoms with Crippen LogP contribution in [0.1, 0.15) is 32.6 Å². The van der Waals surface area contributed by atoms with E-state index >= 15 is 0 Å². The Balaban J connectivity index is 2.01. The number of nitrogens with zero attached hydrogens (tertiary/aromatic N) is 4. The second kappa shape index (κ2) is 4.72. The molecule has 2 aromatic rings. The number of aromatic amines is 1. The van der Waals surface area contributed by atoms with E-state index < -0.39 is 0 Å². The molecule has 1 aliphatic carbocycles. The van der Waals surface area contributed by atoms with Crippen LogP contribution in [0.25, 0.3) is 11.2 Å². The van der Waals surface area contributed by atoms with Gasteiger partial charge in [-0.05, 0) is 30.9 Å². The summed E-state index contributed by atoms with van der Waals surface area (Å²) in [5.41, 5.74) is 1.54. The minimum atomic E-state index is 0.270. The van der Waals surface area contributed by atoms with Gasteiger partial charge in [-0.3, -0.25) is 0 Å². The molecule has 96 valence electrons. The van der Waals surface area contributed by atoms with Crippen LogP contribution in [-0.2, 0) is 0 Å². The van der Waals surface area contributed by atoms with Gasteiger partial charge in [-0.25, -0.2) is 4.98 Å². The number of unbranched alkanes of at least 4 members (excludes halogenated alkanes) is 1. The Morgan fingerprint density at radius 1 is 1.44 bits per heavy atom. The normalized spacial score (nSPS) is 15.2.